The third kappa shape index (κ3) is 3.22. The standard InChI is InChI=1S/C15H21N3O/c1-10(16)5-6-14(17)13-9-12(19-2)8-11-4-3-7-18-15(11)13/h3-4,7-10,14H,5-6,16-17H2,1-2H3. The van der Waals surface area contributed by atoms with Gasteiger partial charge in [-0.05, 0) is 43.5 Å². The molecule has 2 unspecified atom stereocenters. The van der Waals surface area contributed by atoms with Gasteiger partial charge in [-0.25, -0.2) is 0 Å². The van der Waals surface area contributed by atoms with Gasteiger partial charge in [0, 0.05) is 23.7 Å². The van der Waals surface area contributed by atoms with Crippen LogP contribution < -0.4 is 16.2 Å². The van der Waals surface area contributed by atoms with E-state index in [1.807, 2.05) is 31.2 Å². The molecule has 1 heterocycles. The van der Waals surface area contributed by atoms with Gasteiger partial charge in [0.25, 0.3) is 0 Å². The monoisotopic (exact) mass is 259 g/mol. The van der Waals surface area contributed by atoms with Crippen LogP contribution in [0, 0.1) is 0 Å². The first kappa shape index (κ1) is 13.8. The zero-order valence-corrected chi connectivity index (χ0v) is 11.5. The summed E-state index contributed by atoms with van der Waals surface area (Å²) in [7, 11) is 1.66. The predicted molar refractivity (Wildman–Crippen MR) is 78.1 cm³/mol. The summed E-state index contributed by atoms with van der Waals surface area (Å²) in [4.78, 5) is 4.44. The zero-order chi connectivity index (χ0) is 13.8. The smallest absolute Gasteiger partial charge is 0.119 e. The van der Waals surface area contributed by atoms with Crippen LogP contribution in [0.3, 0.4) is 0 Å². The Morgan fingerprint density at radius 3 is 2.74 bits per heavy atom. The summed E-state index contributed by atoms with van der Waals surface area (Å²) >= 11 is 0. The Morgan fingerprint density at radius 2 is 2.05 bits per heavy atom. The van der Waals surface area contributed by atoms with Crippen molar-refractivity contribution in [1.82, 2.24) is 4.98 Å². The molecule has 0 saturated heterocycles. The molecule has 0 bridgehead atoms. The van der Waals surface area contributed by atoms with Crippen molar-refractivity contribution in [3.63, 3.8) is 0 Å². The van der Waals surface area contributed by atoms with Crippen molar-refractivity contribution < 1.29 is 4.74 Å². The van der Waals surface area contributed by atoms with E-state index in [1.54, 1.807) is 13.3 Å². The summed E-state index contributed by atoms with van der Waals surface area (Å²) in [6.45, 7) is 1.99. The molecule has 4 N–H and O–H groups in total. The van der Waals surface area contributed by atoms with Gasteiger partial charge in [-0.1, -0.05) is 6.07 Å². The molecule has 1 aromatic carbocycles. The number of ether oxygens (including phenoxy) is 1. The Bertz CT molecular complexity index is 554. The first-order valence-electron chi connectivity index (χ1n) is 6.55. The second-order valence-electron chi connectivity index (χ2n) is 4.95. The van der Waals surface area contributed by atoms with Crippen molar-refractivity contribution in [2.24, 2.45) is 11.5 Å². The summed E-state index contributed by atoms with van der Waals surface area (Å²) in [6, 6.07) is 7.98. The van der Waals surface area contributed by atoms with Gasteiger partial charge in [0.2, 0.25) is 0 Å². The molecule has 2 atom stereocenters. The first-order valence-corrected chi connectivity index (χ1v) is 6.55. The van der Waals surface area contributed by atoms with Crippen molar-refractivity contribution in [2.75, 3.05) is 7.11 Å². The number of nitrogens with two attached hydrogens (primary N) is 2. The summed E-state index contributed by atoms with van der Waals surface area (Å²) in [6.07, 6.45) is 3.53. The SMILES string of the molecule is COc1cc(C(N)CCC(C)N)c2ncccc2c1. The Labute approximate surface area is 113 Å². The van der Waals surface area contributed by atoms with E-state index in [0.29, 0.717) is 0 Å². The molecule has 0 radical (unpaired) electrons. The van der Waals surface area contributed by atoms with Gasteiger partial charge >= 0.3 is 0 Å². The Morgan fingerprint density at radius 1 is 1.26 bits per heavy atom. The molecule has 1 aromatic heterocycles. The topological polar surface area (TPSA) is 74.2 Å². The minimum Gasteiger partial charge on any atom is -0.497 e. The van der Waals surface area contributed by atoms with Crippen LogP contribution in [0.25, 0.3) is 10.9 Å². The molecule has 19 heavy (non-hydrogen) atoms. The maximum atomic E-state index is 6.28. The Kier molecular flexibility index (Phi) is 4.35. The van der Waals surface area contributed by atoms with Crippen molar-refractivity contribution in [3.05, 3.63) is 36.0 Å². The van der Waals surface area contributed by atoms with Crippen molar-refractivity contribution >= 4 is 10.9 Å². The highest BCUT2D eigenvalue weighted by Gasteiger charge is 2.13. The molecule has 102 valence electrons. The van der Waals surface area contributed by atoms with Crippen LogP contribution in [0.4, 0.5) is 0 Å². The van der Waals surface area contributed by atoms with Gasteiger partial charge in [-0.3, -0.25) is 4.98 Å². The highest BCUT2D eigenvalue weighted by atomic mass is 16.5. The van der Waals surface area contributed by atoms with Crippen LogP contribution in [0.5, 0.6) is 5.75 Å². The van der Waals surface area contributed by atoms with Crippen LogP contribution in [0.2, 0.25) is 0 Å². The highest BCUT2D eigenvalue weighted by molar-refractivity contribution is 5.83. The number of aromatic nitrogens is 1. The predicted octanol–water partition coefficient (Wildman–Crippen LogP) is 2.37. The first-order chi connectivity index (χ1) is 9.11. The van der Waals surface area contributed by atoms with E-state index >= 15 is 0 Å². The fourth-order valence-electron chi connectivity index (χ4n) is 2.19. The second kappa shape index (κ2) is 5.99. The summed E-state index contributed by atoms with van der Waals surface area (Å²) in [5.74, 6) is 0.812. The number of pyridine rings is 1. The van der Waals surface area contributed by atoms with Crippen LogP contribution in [-0.4, -0.2) is 18.1 Å². The molecule has 0 aliphatic carbocycles. The molecule has 0 fully saturated rings. The molecule has 0 aliphatic heterocycles. The van der Waals surface area contributed by atoms with Gasteiger partial charge in [0.05, 0.1) is 12.6 Å². The largest absolute Gasteiger partial charge is 0.497 e. The third-order valence-corrected chi connectivity index (χ3v) is 3.28. The quantitative estimate of drug-likeness (QED) is 0.864. The number of methoxy groups -OCH3 is 1. The van der Waals surface area contributed by atoms with Crippen LogP contribution in [0.15, 0.2) is 30.5 Å². The molecule has 2 aromatic rings. The maximum Gasteiger partial charge on any atom is 0.119 e. The molecular weight excluding hydrogens is 238 g/mol. The average Bonchev–Trinajstić information content (AvgIpc) is 2.43. The number of hydrogen-bond donors (Lipinski definition) is 2. The Balaban J connectivity index is 2.39. The van der Waals surface area contributed by atoms with Gasteiger partial charge in [0.15, 0.2) is 0 Å². The van der Waals surface area contributed by atoms with Crippen LogP contribution in [0.1, 0.15) is 31.4 Å². The second-order valence-corrected chi connectivity index (χ2v) is 4.95. The number of rotatable bonds is 5. The molecule has 0 spiro atoms. The minimum atomic E-state index is -0.0708. The number of hydrogen-bond acceptors (Lipinski definition) is 4. The van der Waals surface area contributed by atoms with Gasteiger partial charge < -0.3 is 16.2 Å². The lowest BCUT2D eigenvalue weighted by Gasteiger charge is -2.16. The summed E-state index contributed by atoms with van der Waals surface area (Å²) in [5.41, 5.74) is 14.0. The van der Waals surface area contributed by atoms with E-state index in [9.17, 15) is 0 Å². The number of fused-ring (bicyclic) bond motifs is 1. The minimum absolute atomic E-state index is 0.0708. The molecular formula is C15H21N3O. The fraction of sp³-hybridized carbons (Fsp3) is 0.400. The lowest BCUT2D eigenvalue weighted by molar-refractivity contribution is 0.414. The van der Waals surface area contributed by atoms with E-state index in [0.717, 1.165) is 35.1 Å². The lowest BCUT2D eigenvalue weighted by atomic mass is 9.98. The molecule has 4 heteroatoms. The van der Waals surface area contributed by atoms with Crippen molar-refractivity contribution in [1.29, 1.82) is 0 Å². The summed E-state index contributed by atoms with van der Waals surface area (Å²) in [5, 5.41) is 1.05. The maximum absolute atomic E-state index is 6.28. The molecule has 0 amide bonds. The van der Waals surface area contributed by atoms with E-state index in [1.165, 1.54) is 0 Å². The van der Waals surface area contributed by atoms with Gasteiger partial charge in [-0.2, -0.15) is 0 Å². The molecule has 0 aliphatic rings. The van der Waals surface area contributed by atoms with E-state index < -0.39 is 0 Å². The molecule has 4 nitrogen and oxygen atoms in total. The van der Waals surface area contributed by atoms with Gasteiger partial charge in [0.1, 0.15) is 5.75 Å². The fourth-order valence-corrected chi connectivity index (χ4v) is 2.19. The van der Waals surface area contributed by atoms with E-state index in [2.05, 4.69) is 4.98 Å². The van der Waals surface area contributed by atoms with Crippen LogP contribution >= 0.6 is 0 Å². The normalized spacial score (nSPS) is 14.3. The zero-order valence-electron chi connectivity index (χ0n) is 11.5. The van der Waals surface area contributed by atoms with E-state index in [-0.39, 0.29) is 12.1 Å². The Hall–Kier alpha value is -1.65. The third-order valence-electron chi connectivity index (χ3n) is 3.28. The lowest BCUT2D eigenvalue weighted by Crippen LogP contribution is -2.19. The molecule has 2 rings (SSSR count). The van der Waals surface area contributed by atoms with Crippen molar-refractivity contribution in [2.45, 2.75) is 31.8 Å². The summed E-state index contributed by atoms with van der Waals surface area (Å²) < 4.78 is 5.33. The van der Waals surface area contributed by atoms with Crippen molar-refractivity contribution in [3.8, 4) is 5.75 Å². The van der Waals surface area contributed by atoms with E-state index in [4.69, 9.17) is 16.2 Å². The highest BCUT2D eigenvalue weighted by Crippen LogP contribution is 2.29. The molecule has 0 saturated carbocycles. The average molecular weight is 259 g/mol. The number of benzene rings is 1. The van der Waals surface area contributed by atoms with Gasteiger partial charge in [-0.15, -0.1) is 0 Å². The van der Waals surface area contributed by atoms with Crippen LogP contribution in [-0.2, 0) is 0 Å². The number of nitrogens with zero attached hydrogens (tertiary/aromatic N) is 1.